The zero-order valence-corrected chi connectivity index (χ0v) is 17.0. The summed E-state index contributed by atoms with van der Waals surface area (Å²) in [6, 6.07) is 3.83. The van der Waals surface area contributed by atoms with Gasteiger partial charge in [-0.3, -0.25) is 4.79 Å². The summed E-state index contributed by atoms with van der Waals surface area (Å²) in [5.74, 6) is 0.889. The van der Waals surface area contributed by atoms with E-state index in [1.165, 1.54) is 11.8 Å². The molecule has 2 aromatic heterocycles. The summed E-state index contributed by atoms with van der Waals surface area (Å²) in [5, 5.41) is 3.68. The molecule has 0 spiro atoms. The average molecular weight is 374 g/mol. The van der Waals surface area contributed by atoms with Gasteiger partial charge in [0, 0.05) is 30.9 Å². The molecule has 2 heterocycles. The summed E-state index contributed by atoms with van der Waals surface area (Å²) >= 11 is 1.53. The van der Waals surface area contributed by atoms with E-state index in [2.05, 4.69) is 39.0 Å². The van der Waals surface area contributed by atoms with E-state index in [0.717, 1.165) is 41.0 Å². The molecule has 0 bridgehead atoms. The molecule has 0 atom stereocenters. The molecular formula is C19H27N5OS. The van der Waals surface area contributed by atoms with Crippen molar-refractivity contribution in [3.63, 3.8) is 0 Å². The molecule has 6 nitrogen and oxygen atoms in total. The Labute approximate surface area is 159 Å². The van der Waals surface area contributed by atoms with E-state index in [-0.39, 0.29) is 5.91 Å². The van der Waals surface area contributed by atoms with Gasteiger partial charge in [0.05, 0.1) is 11.9 Å². The van der Waals surface area contributed by atoms with E-state index in [9.17, 15) is 4.79 Å². The lowest BCUT2D eigenvalue weighted by molar-refractivity contribution is -0.116. The number of aromatic nitrogens is 3. The maximum atomic E-state index is 12.3. The molecule has 0 aliphatic rings. The molecule has 2 aromatic rings. The number of anilines is 2. The molecule has 1 amide bonds. The van der Waals surface area contributed by atoms with Gasteiger partial charge in [-0.25, -0.2) is 15.0 Å². The molecule has 0 aliphatic carbocycles. The van der Waals surface area contributed by atoms with E-state index in [1.807, 2.05) is 32.2 Å². The summed E-state index contributed by atoms with van der Waals surface area (Å²) in [6.45, 7) is 9.95. The molecule has 0 aromatic carbocycles. The highest BCUT2D eigenvalue weighted by Gasteiger charge is 2.11. The van der Waals surface area contributed by atoms with Gasteiger partial charge in [0.1, 0.15) is 5.82 Å². The molecule has 0 aliphatic heterocycles. The molecule has 7 heteroatoms. The SMILES string of the molecule is CCN(CC)c1ccc(NC(=O)CCc2c(C)nc(SC)nc2C)cn1. The molecular weight excluding hydrogens is 346 g/mol. The Morgan fingerprint density at radius 2 is 1.81 bits per heavy atom. The summed E-state index contributed by atoms with van der Waals surface area (Å²) in [7, 11) is 0. The van der Waals surface area contributed by atoms with Crippen molar-refractivity contribution in [2.45, 2.75) is 45.7 Å². The van der Waals surface area contributed by atoms with Crippen LogP contribution in [-0.4, -0.2) is 40.2 Å². The molecule has 0 saturated heterocycles. The lowest BCUT2D eigenvalue weighted by atomic mass is 10.1. The fourth-order valence-corrected chi connectivity index (χ4v) is 3.27. The number of carbonyl (C=O) groups is 1. The Morgan fingerprint density at radius 3 is 2.31 bits per heavy atom. The number of hydrogen-bond donors (Lipinski definition) is 1. The highest BCUT2D eigenvalue weighted by atomic mass is 32.2. The first-order chi connectivity index (χ1) is 12.5. The minimum Gasteiger partial charge on any atom is -0.357 e. The van der Waals surface area contributed by atoms with Crippen LogP contribution in [-0.2, 0) is 11.2 Å². The van der Waals surface area contributed by atoms with Crippen LogP contribution in [0.25, 0.3) is 0 Å². The molecule has 0 saturated carbocycles. The van der Waals surface area contributed by atoms with Crippen molar-refractivity contribution < 1.29 is 4.79 Å². The largest absolute Gasteiger partial charge is 0.357 e. The minimum absolute atomic E-state index is 0.0323. The predicted octanol–water partition coefficient (Wildman–Crippen LogP) is 3.63. The lowest BCUT2D eigenvalue weighted by Gasteiger charge is -2.19. The number of hydrogen-bond acceptors (Lipinski definition) is 6. The number of rotatable bonds is 8. The van der Waals surface area contributed by atoms with Crippen LogP contribution in [0.2, 0.25) is 0 Å². The third-order valence-corrected chi connectivity index (χ3v) is 4.85. The van der Waals surface area contributed by atoms with Crippen LogP contribution in [0.3, 0.4) is 0 Å². The van der Waals surface area contributed by atoms with Gasteiger partial charge in [0.15, 0.2) is 5.16 Å². The Kier molecular flexibility index (Phi) is 7.38. The van der Waals surface area contributed by atoms with Crippen molar-refractivity contribution in [1.82, 2.24) is 15.0 Å². The first-order valence-corrected chi connectivity index (χ1v) is 10.1. The van der Waals surface area contributed by atoms with Crippen molar-refractivity contribution in [2.24, 2.45) is 0 Å². The van der Waals surface area contributed by atoms with Crippen LogP contribution < -0.4 is 10.2 Å². The number of carbonyl (C=O) groups excluding carboxylic acids is 1. The fraction of sp³-hybridized carbons (Fsp3) is 0.474. The number of thioether (sulfide) groups is 1. The van der Waals surface area contributed by atoms with E-state index in [4.69, 9.17) is 0 Å². The number of nitrogens with zero attached hydrogens (tertiary/aromatic N) is 4. The maximum Gasteiger partial charge on any atom is 0.224 e. The van der Waals surface area contributed by atoms with Gasteiger partial charge in [0.25, 0.3) is 0 Å². The van der Waals surface area contributed by atoms with E-state index >= 15 is 0 Å². The molecule has 2 rings (SSSR count). The maximum absolute atomic E-state index is 12.3. The van der Waals surface area contributed by atoms with Gasteiger partial charge in [-0.15, -0.1) is 0 Å². The van der Waals surface area contributed by atoms with E-state index < -0.39 is 0 Å². The number of pyridine rings is 1. The van der Waals surface area contributed by atoms with Crippen molar-refractivity contribution in [3.05, 3.63) is 35.3 Å². The van der Waals surface area contributed by atoms with Crippen LogP contribution >= 0.6 is 11.8 Å². The summed E-state index contributed by atoms with van der Waals surface area (Å²) in [5.41, 5.74) is 3.65. The summed E-state index contributed by atoms with van der Waals surface area (Å²) in [6.07, 6.45) is 4.68. The normalized spacial score (nSPS) is 10.7. The van der Waals surface area contributed by atoms with Gasteiger partial charge >= 0.3 is 0 Å². The molecule has 0 fully saturated rings. The fourth-order valence-electron chi connectivity index (χ4n) is 2.82. The smallest absolute Gasteiger partial charge is 0.224 e. The molecule has 140 valence electrons. The standard InChI is InChI=1S/C19H27N5OS/c1-6-24(7-2)17-10-8-15(12-20-17)23-18(25)11-9-16-13(3)21-19(26-5)22-14(16)4/h8,10,12H,6-7,9,11H2,1-5H3,(H,23,25). The van der Waals surface area contributed by atoms with Gasteiger partial charge < -0.3 is 10.2 Å². The van der Waals surface area contributed by atoms with E-state index in [0.29, 0.717) is 18.5 Å². The number of nitrogens with one attached hydrogen (secondary N) is 1. The Bertz CT molecular complexity index is 721. The zero-order valence-electron chi connectivity index (χ0n) is 16.2. The van der Waals surface area contributed by atoms with Crippen LogP contribution in [0.1, 0.15) is 37.2 Å². The Hall–Kier alpha value is -2.15. The second kappa shape index (κ2) is 9.52. The number of amides is 1. The third kappa shape index (κ3) is 5.17. The third-order valence-electron chi connectivity index (χ3n) is 4.30. The Morgan fingerprint density at radius 1 is 1.15 bits per heavy atom. The topological polar surface area (TPSA) is 71.0 Å². The van der Waals surface area contributed by atoms with Crippen molar-refractivity contribution in [2.75, 3.05) is 29.6 Å². The Balaban J connectivity index is 1.95. The van der Waals surface area contributed by atoms with Crippen LogP contribution in [0.5, 0.6) is 0 Å². The van der Waals surface area contributed by atoms with Crippen molar-refractivity contribution >= 4 is 29.2 Å². The number of aryl methyl sites for hydroxylation is 2. The molecule has 1 N–H and O–H groups in total. The predicted molar refractivity (Wildman–Crippen MR) is 108 cm³/mol. The zero-order chi connectivity index (χ0) is 19.1. The van der Waals surface area contributed by atoms with Gasteiger partial charge in [0.2, 0.25) is 5.91 Å². The monoisotopic (exact) mass is 373 g/mol. The summed E-state index contributed by atoms with van der Waals surface area (Å²) in [4.78, 5) is 27.8. The van der Waals surface area contributed by atoms with Crippen LogP contribution in [0.4, 0.5) is 11.5 Å². The molecule has 0 unspecified atom stereocenters. The second-order valence-electron chi connectivity index (χ2n) is 5.99. The van der Waals surface area contributed by atoms with E-state index in [1.54, 1.807) is 6.20 Å². The minimum atomic E-state index is -0.0323. The first-order valence-electron chi connectivity index (χ1n) is 8.87. The van der Waals surface area contributed by atoms with Crippen LogP contribution in [0.15, 0.2) is 23.5 Å². The van der Waals surface area contributed by atoms with Gasteiger partial charge in [-0.1, -0.05) is 11.8 Å². The molecule has 26 heavy (non-hydrogen) atoms. The second-order valence-corrected chi connectivity index (χ2v) is 6.76. The summed E-state index contributed by atoms with van der Waals surface area (Å²) < 4.78 is 0. The van der Waals surface area contributed by atoms with Crippen molar-refractivity contribution in [3.8, 4) is 0 Å². The quantitative estimate of drug-likeness (QED) is 0.563. The first kappa shape index (κ1) is 20.2. The highest BCUT2D eigenvalue weighted by molar-refractivity contribution is 7.98. The van der Waals surface area contributed by atoms with Gasteiger partial charge in [-0.05, 0) is 58.1 Å². The van der Waals surface area contributed by atoms with Crippen LogP contribution in [0, 0.1) is 13.8 Å². The molecule has 0 radical (unpaired) electrons. The van der Waals surface area contributed by atoms with Gasteiger partial charge in [-0.2, -0.15) is 0 Å². The lowest BCUT2D eigenvalue weighted by Crippen LogP contribution is -2.23. The average Bonchev–Trinajstić information content (AvgIpc) is 2.63. The van der Waals surface area contributed by atoms with Crippen molar-refractivity contribution in [1.29, 1.82) is 0 Å². The highest BCUT2D eigenvalue weighted by Crippen LogP contribution is 2.18.